The molecule has 1 aliphatic heterocycles. The summed E-state index contributed by atoms with van der Waals surface area (Å²) in [4.78, 5) is 32.8. The molecule has 0 radical (unpaired) electrons. The SMILES string of the molecule is CN(C)c1nc(N2CCCCCC2)nc(-n2cnc(SCC(N)=O)n2)n1. The van der Waals surface area contributed by atoms with Gasteiger partial charge in [0.05, 0.1) is 5.75 Å². The summed E-state index contributed by atoms with van der Waals surface area (Å²) in [6.45, 7) is 1.88. The maximum absolute atomic E-state index is 10.9. The molecule has 1 aliphatic rings. The van der Waals surface area contributed by atoms with Gasteiger partial charge in [0, 0.05) is 27.2 Å². The fraction of sp³-hybridized carbons (Fsp3) is 0.600. The normalized spacial score (nSPS) is 14.9. The molecule has 10 nitrogen and oxygen atoms in total. The molecule has 0 aliphatic carbocycles. The highest BCUT2D eigenvalue weighted by molar-refractivity contribution is 7.99. The van der Waals surface area contributed by atoms with Crippen molar-refractivity contribution in [3.05, 3.63) is 6.33 Å². The van der Waals surface area contributed by atoms with Gasteiger partial charge in [-0.25, -0.2) is 4.98 Å². The highest BCUT2D eigenvalue weighted by Crippen LogP contribution is 2.19. The van der Waals surface area contributed by atoms with Crippen LogP contribution in [0, 0.1) is 0 Å². The average Bonchev–Trinajstić information content (AvgIpc) is 2.93. The number of carbonyl (C=O) groups excluding carboxylic acids is 1. The first kappa shape index (κ1) is 18.4. The number of nitrogens with two attached hydrogens (primary N) is 1. The van der Waals surface area contributed by atoms with E-state index >= 15 is 0 Å². The minimum atomic E-state index is -0.412. The predicted octanol–water partition coefficient (Wildman–Crippen LogP) is 0.476. The van der Waals surface area contributed by atoms with Crippen LogP contribution in [0.1, 0.15) is 25.7 Å². The molecule has 0 aromatic carbocycles. The van der Waals surface area contributed by atoms with Crippen LogP contribution in [0.15, 0.2) is 11.5 Å². The van der Waals surface area contributed by atoms with Gasteiger partial charge in [-0.3, -0.25) is 4.79 Å². The van der Waals surface area contributed by atoms with E-state index in [2.05, 4.69) is 29.9 Å². The number of carbonyl (C=O) groups is 1. The van der Waals surface area contributed by atoms with Gasteiger partial charge in [0.15, 0.2) is 0 Å². The van der Waals surface area contributed by atoms with Crippen molar-refractivity contribution in [2.45, 2.75) is 30.8 Å². The summed E-state index contributed by atoms with van der Waals surface area (Å²) in [6.07, 6.45) is 6.27. The van der Waals surface area contributed by atoms with Crippen molar-refractivity contribution in [2.75, 3.05) is 42.7 Å². The highest BCUT2D eigenvalue weighted by Gasteiger charge is 2.18. The smallest absolute Gasteiger partial charge is 0.258 e. The van der Waals surface area contributed by atoms with Crippen LogP contribution in [0.5, 0.6) is 0 Å². The van der Waals surface area contributed by atoms with Crippen LogP contribution in [0.2, 0.25) is 0 Å². The molecule has 2 aromatic rings. The number of anilines is 2. The van der Waals surface area contributed by atoms with E-state index in [1.807, 2.05) is 19.0 Å². The van der Waals surface area contributed by atoms with Gasteiger partial charge >= 0.3 is 0 Å². The Morgan fingerprint density at radius 2 is 1.85 bits per heavy atom. The standard InChI is InChI=1S/C15H23N9OS/c1-22(2)12-18-13(23-7-5-3-4-6-8-23)20-14(19-12)24-10-17-15(21-24)26-9-11(16)25/h10H,3-9H2,1-2H3,(H2,16,25). The number of amides is 1. The Labute approximate surface area is 156 Å². The molecule has 3 heterocycles. The third-order valence-electron chi connectivity index (χ3n) is 3.91. The van der Waals surface area contributed by atoms with Crippen LogP contribution in [0.25, 0.3) is 5.95 Å². The molecular formula is C15H23N9OS. The summed E-state index contributed by atoms with van der Waals surface area (Å²) in [5.74, 6) is 1.34. The van der Waals surface area contributed by atoms with Gasteiger partial charge in [0.25, 0.3) is 5.95 Å². The van der Waals surface area contributed by atoms with Gasteiger partial charge < -0.3 is 15.5 Å². The first-order valence-electron chi connectivity index (χ1n) is 8.54. The van der Waals surface area contributed by atoms with E-state index in [0.29, 0.717) is 23.0 Å². The zero-order valence-corrected chi connectivity index (χ0v) is 15.8. The number of primary amides is 1. The summed E-state index contributed by atoms with van der Waals surface area (Å²) in [6, 6.07) is 0. The quantitative estimate of drug-likeness (QED) is 0.717. The molecule has 1 fully saturated rings. The maximum atomic E-state index is 10.9. The van der Waals surface area contributed by atoms with Crippen molar-refractivity contribution in [3.8, 4) is 5.95 Å². The average molecular weight is 377 g/mol. The molecule has 0 saturated carbocycles. The van der Waals surface area contributed by atoms with Gasteiger partial charge in [-0.15, -0.1) is 5.10 Å². The van der Waals surface area contributed by atoms with Crippen LogP contribution in [-0.4, -0.2) is 68.6 Å². The summed E-state index contributed by atoms with van der Waals surface area (Å²) in [7, 11) is 3.78. The Hall–Kier alpha value is -2.43. The number of aromatic nitrogens is 6. The van der Waals surface area contributed by atoms with E-state index in [1.54, 1.807) is 0 Å². The second-order valence-corrected chi connectivity index (χ2v) is 7.20. The topological polar surface area (TPSA) is 119 Å². The number of hydrogen-bond donors (Lipinski definition) is 1. The maximum Gasteiger partial charge on any atom is 0.258 e. The van der Waals surface area contributed by atoms with Gasteiger partial charge in [-0.05, 0) is 12.8 Å². The van der Waals surface area contributed by atoms with E-state index in [4.69, 9.17) is 5.73 Å². The molecule has 140 valence electrons. The first-order valence-corrected chi connectivity index (χ1v) is 9.53. The molecule has 2 aromatic heterocycles. The number of nitrogens with zero attached hydrogens (tertiary/aromatic N) is 8. The third-order valence-corrected chi connectivity index (χ3v) is 4.78. The molecule has 11 heteroatoms. The molecule has 3 rings (SSSR count). The zero-order valence-electron chi connectivity index (χ0n) is 15.0. The predicted molar refractivity (Wildman–Crippen MR) is 99.7 cm³/mol. The van der Waals surface area contributed by atoms with E-state index in [9.17, 15) is 4.79 Å². The Kier molecular flexibility index (Phi) is 5.86. The van der Waals surface area contributed by atoms with Crippen molar-refractivity contribution in [1.29, 1.82) is 0 Å². The Balaban J connectivity index is 1.89. The molecule has 26 heavy (non-hydrogen) atoms. The van der Waals surface area contributed by atoms with E-state index in [-0.39, 0.29) is 5.75 Å². The minimum absolute atomic E-state index is 0.128. The van der Waals surface area contributed by atoms with E-state index in [1.165, 1.54) is 35.6 Å². The number of thioether (sulfide) groups is 1. The molecule has 0 unspecified atom stereocenters. The van der Waals surface area contributed by atoms with Crippen LogP contribution in [0.3, 0.4) is 0 Å². The van der Waals surface area contributed by atoms with Crippen molar-refractivity contribution in [2.24, 2.45) is 5.73 Å². The lowest BCUT2D eigenvalue weighted by molar-refractivity contribution is -0.115. The van der Waals surface area contributed by atoms with Crippen LogP contribution >= 0.6 is 11.8 Å². The van der Waals surface area contributed by atoms with Gasteiger partial charge in [-0.2, -0.15) is 19.6 Å². The number of rotatable bonds is 6. The van der Waals surface area contributed by atoms with Gasteiger partial charge in [0.1, 0.15) is 6.33 Å². The van der Waals surface area contributed by atoms with E-state index in [0.717, 1.165) is 25.9 Å². The lowest BCUT2D eigenvalue weighted by Crippen LogP contribution is -2.28. The van der Waals surface area contributed by atoms with Crippen molar-refractivity contribution in [1.82, 2.24) is 29.7 Å². The van der Waals surface area contributed by atoms with Crippen LogP contribution in [0.4, 0.5) is 11.9 Å². The van der Waals surface area contributed by atoms with E-state index < -0.39 is 5.91 Å². The largest absolute Gasteiger partial charge is 0.369 e. The van der Waals surface area contributed by atoms with Gasteiger partial charge in [0.2, 0.25) is 23.0 Å². The lowest BCUT2D eigenvalue weighted by atomic mass is 10.2. The fourth-order valence-corrected chi connectivity index (χ4v) is 3.14. The molecule has 0 spiro atoms. The summed E-state index contributed by atoms with van der Waals surface area (Å²) < 4.78 is 1.50. The fourth-order valence-electron chi connectivity index (χ4n) is 2.60. The van der Waals surface area contributed by atoms with Crippen molar-refractivity contribution in [3.63, 3.8) is 0 Å². The summed E-state index contributed by atoms with van der Waals surface area (Å²) >= 11 is 1.18. The second-order valence-electron chi connectivity index (χ2n) is 6.26. The van der Waals surface area contributed by atoms with Crippen LogP contribution < -0.4 is 15.5 Å². The Morgan fingerprint density at radius 1 is 1.15 bits per heavy atom. The van der Waals surface area contributed by atoms with Crippen LogP contribution in [-0.2, 0) is 4.79 Å². The molecule has 1 amide bonds. The molecule has 2 N–H and O–H groups in total. The third kappa shape index (κ3) is 4.59. The summed E-state index contributed by atoms with van der Waals surface area (Å²) in [5.41, 5.74) is 5.16. The lowest BCUT2D eigenvalue weighted by Gasteiger charge is -2.22. The Bertz CT molecular complexity index is 755. The van der Waals surface area contributed by atoms with Gasteiger partial charge in [-0.1, -0.05) is 24.6 Å². The Morgan fingerprint density at radius 3 is 2.50 bits per heavy atom. The second kappa shape index (κ2) is 8.30. The number of hydrogen-bond acceptors (Lipinski definition) is 9. The van der Waals surface area contributed by atoms with Crippen molar-refractivity contribution < 1.29 is 4.79 Å². The van der Waals surface area contributed by atoms with Crippen molar-refractivity contribution >= 4 is 29.6 Å². The molecule has 0 atom stereocenters. The molecular weight excluding hydrogens is 354 g/mol. The monoisotopic (exact) mass is 377 g/mol. The molecule has 0 bridgehead atoms. The first-order chi connectivity index (χ1) is 12.5. The minimum Gasteiger partial charge on any atom is -0.369 e. The highest BCUT2D eigenvalue weighted by atomic mass is 32.2. The zero-order chi connectivity index (χ0) is 18.5. The summed E-state index contributed by atoms with van der Waals surface area (Å²) in [5, 5.41) is 4.78. The molecule has 1 saturated heterocycles.